The average Bonchev–Trinajstić information content (AvgIpc) is 3.86. The van der Waals surface area contributed by atoms with E-state index in [0.29, 0.717) is 6.42 Å². The molecular formula is C38H56N4O18P2. The summed E-state index contributed by atoms with van der Waals surface area (Å²) in [6.07, 6.45) is 4.32. The highest BCUT2D eigenvalue weighted by Crippen LogP contribution is 2.58. The normalized spacial score (nSPS) is 37.0. The number of phosphoric ester groups is 2. The van der Waals surface area contributed by atoms with E-state index in [1.54, 1.807) is 27.7 Å². The number of fused-ring (bicyclic) bond motifs is 2. The Bertz CT molecular complexity index is 1880. The van der Waals surface area contributed by atoms with Gasteiger partial charge >= 0.3 is 27.6 Å². The van der Waals surface area contributed by atoms with E-state index in [4.69, 9.17) is 57.6 Å². The Hall–Kier alpha value is -3.24. The maximum Gasteiger partial charge on any atom is 0.475 e. The molecule has 346 valence electrons. The molecule has 22 nitrogen and oxygen atoms in total. The van der Waals surface area contributed by atoms with Crippen molar-refractivity contribution in [2.45, 2.75) is 152 Å². The predicted octanol–water partition coefficient (Wildman–Crippen LogP) is 2.57. The van der Waals surface area contributed by atoms with Crippen LogP contribution in [0, 0.1) is 0 Å². The van der Waals surface area contributed by atoms with Crippen molar-refractivity contribution in [3.05, 3.63) is 24.6 Å². The van der Waals surface area contributed by atoms with E-state index in [9.17, 15) is 37.9 Å². The summed E-state index contributed by atoms with van der Waals surface area (Å²) < 4.78 is 80.3. The van der Waals surface area contributed by atoms with Crippen LogP contribution in [0.15, 0.2) is 24.6 Å². The van der Waals surface area contributed by atoms with Crippen molar-refractivity contribution >= 4 is 51.0 Å². The summed E-state index contributed by atoms with van der Waals surface area (Å²) in [5.74, 6) is -2.18. The van der Waals surface area contributed by atoms with Gasteiger partial charge in [0, 0.05) is 25.2 Å². The zero-order chi connectivity index (χ0) is 45.0. The maximum atomic E-state index is 12.9. The smallest absolute Gasteiger partial charge is 0.463 e. The highest BCUT2D eigenvalue weighted by molar-refractivity contribution is 7.48. The number of carbonyl (C=O) groups excluding carboxylic acids is 6. The molecule has 7 aliphatic rings. The van der Waals surface area contributed by atoms with Crippen LogP contribution in [0.5, 0.6) is 0 Å². The van der Waals surface area contributed by atoms with Gasteiger partial charge in [-0.2, -0.15) is 0 Å². The first-order valence-corrected chi connectivity index (χ1v) is 23.6. The molecule has 0 spiro atoms. The topological polar surface area (TPSA) is 287 Å². The molecule has 10 atom stereocenters. The average molecular weight is 919 g/mol. The van der Waals surface area contributed by atoms with E-state index in [-0.39, 0.29) is 94.2 Å². The minimum absolute atomic E-state index is 0.000934. The van der Waals surface area contributed by atoms with Crippen molar-refractivity contribution in [2.75, 3.05) is 26.4 Å². The molecule has 0 aromatic rings. The van der Waals surface area contributed by atoms with E-state index < -0.39 is 75.4 Å². The third kappa shape index (κ3) is 11.5. The number of hydrogen-bond acceptors (Lipinski definition) is 20. The van der Waals surface area contributed by atoms with E-state index in [2.05, 4.69) is 0 Å². The lowest BCUT2D eigenvalue weighted by Crippen LogP contribution is -2.60. The van der Waals surface area contributed by atoms with Crippen LogP contribution < -0.4 is 11.5 Å². The Labute approximate surface area is 358 Å². The fourth-order valence-electron chi connectivity index (χ4n) is 7.87. The van der Waals surface area contributed by atoms with Crippen molar-refractivity contribution in [3.63, 3.8) is 0 Å². The lowest BCUT2D eigenvalue weighted by atomic mass is 9.92. The van der Waals surface area contributed by atoms with Gasteiger partial charge in [-0.3, -0.25) is 65.7 Å². The van der Waals surface area contributed by atoms with E-state index >= 15 is 0 Å². The van der Waals surface area contributed by atoms with Gasteiger partial charge < -0.3 is 30.4 Å². The number of esters is 2. The number of rotatable bonds is 14. The summed E-state index contributed by atoms with van der Waals surface area (Å²) in [5, 5.41) is 0. The number of ether oxygens (including phenoxy) is 4. The second-order valence-corrected chi connectivity index (χ2v) is 19.9. The molecule has 6 heterocycles. The van der Waals surface area contributed by atoms with Crippen LogP contribution in [0.1, 0.15) is 91.9 Å². The van der Waals surface area contributed by atoms with Crippen LogP contribution in [-0.4, -0.2) is 132 Å². The first-order chi connectivity index (χ1) is 29.2. The number of allylic oxidation sites excluding steroid dienone is 2. The van der Waals surface area contributed by atoms with Gasteiger partial charge in [-0.15, -0.1) is 0 Å². The third-order valence-corrected chi connectivity index (χ3v) is 13.8. The Kier molecular flexibility index (Phi) is 15.5. The first-order valence-electron chi connectivity index (χ1n) is 20.7. The molecule has 0 aromatic heterocycles. The second-order valence-electron chi connectivity index (χ2n) is 16.7. The number of phosphoric acid groups is 2. The van der Waals surface area contributed by atoms with Gasteiger partial charge in [0.2, 0.25) is 11.8 Å². The summed E-state index contributed by atoms with van der Waals surface area (Å²) in [4.78, 5) is 73.3. The summed E-state index contributed by atoms with van der Waals surface area (Å²) in [7, 11) is -7.86. The van der Waals surface area contributed by atoms with Gasteiger partial charge in [0.15, 0.2) is 24.0 Å². The molecule has 7 rings (SSSR count). The van der Waals surface area contributed by atoms with Crippen LogP contribution in [0.2, 0.25) is 0 Å². The molecule has 2 amide bonds. The minimum atomic E-state index is -3.93. The Balaban J connectivity index is 0.000000207. The summed E-state index contributed by atoms with van der Waals surface area (Å²) >= 11 is 0. The Morgan fingerprint density at radius 2 is 1.19 bits per heavy atom. The maximum absolute atomic E-state index is 12.9. The molecule has 1 aliphatic carbocycles. The zero-order valence-corrected chi connectivity index (χ0v) is 36.9. The number of ketones is 2. The molecule has 0 aromatic carbocycles. The molecule has 4 saturated heterocycles. The van der Waals surface area contributed by atoms with Gasteiger partial charge in [0.1, 0.15) is 30.5 Å². The zero-order valence-electron chi connectivity index (χ0n) is 35.1. The number of carbonyl (C=O) groups is 6. The summed E-state index contributed by atoms with van der Waals surface area (Å²) in [6, 6.07) is 0. The number of hydrogen-bond donors (Lipinski definition) is 2. The monoisotopic (exact) mass is 918 g/mol. The standard InChI is InChI=1S/C20H29N2O9P.C18H27N2O9P/c1-20(21)18-15(30-19(20)22-9-8-13(23)11-16(22)24)12-28-32(26,31-18)27-10-4-7-17(25)29-14-5-2-3-6-14;1-11(2)27-15(23)5-4-8-25-30(24)26-10-13-16(29-30)18(3,19)17(28-13)20-7-6-12(21)9-14(20)22/h8-9,14-15,18-19H,2-7,10-12,21H2,1H3;6-7,11,13,16-17H,4-5,8-10,19H2,1-3H3/t15-,18-,19-,20-,32+;13-,16-,17-,18-,30-/m11/s1. The minimum Gasteiger partial charge on any atom is -0.463 e. The van der Waals surface area contributed by atoms with E-state index in [0.717, 1.165) is 25.7 Å². The molecule has 1 saturated carbocycles. The van der Waals surface area contributed by atoms with Crippen LogP contribution in [-0.2, 0) is 84.0 Å². The number of nitrogens with zero attached hydrogens (tertiary/aromatic N) is 2. The van der Waals surface area contributed by atoms with E-state index in [1.807, 2.05) is 0 Å². The molecule has 0 radical (unpaired) electrons. The molecule has 0 bridgehead atoms. The second kappa shape index (κ2) is 19.9. The first kappa shape index (κ1) is 48.2. The Morgan fingerprint density at radius 1 is 0.758 bits per heavy atom. The third-order valence-electron chi connectivity index (χ3n) is 10.9. The van der Waals surface area contributed by atoms with Crippen molar-refractivity contribution < 1.29 is 84.0 Å². The van der Waals surface area contributed by atoms with Crippen molar-refractivity contribution in [1.29, 1.82) is 0 Å². The molecule has 24 heteroatoms. The summed E-state index contributed by atoms with van der Waals surface area (Å²) in [6.45, 7) is 6.46. The van der Waals surface area contributed by atoms with E-state index in [1.165, 1.54) is 34.4 Å². The van der Waals surface area contributed by atoms with Crippen LogP contribution in [0.25, 0.3) is 0 Å². The van der Waals surface area contributed by atoms with Crippen molar-refractivity contribution in [3.8, 4) is 0 Å². The van der Waals surface area contributed by atoms with Gasteiger partial charge in [0.25, 0.3) is 0 Å². The molecule has 62 heavy (non-hydrogen) atoms. The SMILES string of the molecule is CC(C)OC(=O)CCCO[P@]1(=O)OC[C@H]2O[C@@H](N3C=CC(=O)CC3=O)[C@](C)(N)[C@@H]2O1.C[C@@]1(N)[C@@H]2O[P@@](=O)(OCCCC(=O)OC3CCCC3)OC[C@H]2O[C@H]1N1C=CC(=O)CC1=O. The quantitative estimate of drug-likeness (QED) is 0.110. The Morgan fingerprint density at radius 3 is 1.61 bits per heavy atom. The highest BCUT2D eigenvalue weighted by Gasteiger charge is 2.62. The molecule has 4 N–H and O–H groups in total. The van der Waals surface area contributed by atoms with Gasteiger partial charge in [-0.1, -0.05) is 0 Å². The molecule has 5 fully saturated rings. The van der Waals surface area contributed by atoms with Crippen LogP contribution >= 0.6 is 15.6 Å². The molecule has 6 aliphatic heterocycles. The van der Waals surface area contributed by atoms with Gasteiger partial charge in [-0.05, 0) is 78.4 Å². The predicted molar refractivity (Wildman–Crippen MR) is 211 cm³/mol. The lowest BCUT2D eigenvalue weighted by molar-refractivity contribution is -0.149. The van der Waals surface area contributed by atoms with Gasteiger partial charge in [-0.25, -0.2) is 9.13 Å². The van der Waals surface area contributed by atoms with Gasteiger partial charge in [0.05, 0.1) is 56.5 Å². The fraction of sp³-hybridized carbons (Fsp3) is 0.737. The van der Waals surface area contributed by atoms with Crippen LogP contribution in [0.4, 0.5) is 0 Å². The number of nitrogens with two attached hydrogens (primary N) is 2. The summed E-state index contributed by atoms with van der Waals surface area (Å²) in [5.41, 5.74) is 10.4. The van der Waals surface area contributed by atoms with Crippen molar-refractivity contribution in [2.24, 2.45) is 11.5 Å². The molecular weight excluding hydrogens is 862 g/mol. The largest absolute Gasteiger partial charge is 0.475 e. The van der Waals surface area contributed by atoms with Crippen molar-refractivity contribution in [1.82, 2.24) is 9.80 Å². The van der Waals surface area contributed by atoms with Crippen LogP contribution in [0.3, 0.4) is 0 Å². The fourth-order valence-corrected chi connectivity index (χ4v) is 10.9. The number of amides is 2. The highest BCUT2D eigenvalue weighted by atomic mass is 31.2. The lowest BCUT2D eigenvalue weighted by Gasteiger charge is -2.38. The molecule has 0 unspecified atom stereocenters.